The highest BCUT2D eigenvalue weighted by Gasteiger charge is 2.23. The number of rotatable bonds is 5. The van der Waals surface area contributed by atoms with Crippen molar-refractivity contribution in [3.63, 3.8) is 0 Å². The monoisotopic (exact) mass is 404 g/mol. The molecule has 0 aliphatic carbocycles. The van der Waals surface area contributed by atoms with Crippen molar-refractivity contribution >= 4 is 27.7 Å². The Morgan fingerprint density at radius 3 is 2.44 bits per heavy atom. The maximum Gasteiger partial charge on any atom is 0.407 e. The molecular weight excluding hydrogens is 388 g/mol. The summed E-state index contributed by atoms with van der Waals surface area (Å²) in [5, 5.41) is 9.41. The van der Waals surface area contributed by atoms with Gasteiger partial charge >= 0.3 is 6.09 Å². The normalized spacial score (nSPS) is 11.3. The highest BCUT2D eigenvalue weighted by atomic mass is 35.5. The van der Waals surface area contributed by atoms with Gasteiger partial charge in [0.2, 0.25) is 0 Å². The summed E-state index contributed by atoms with van der Waals surface area (Å²) in [6.45, 7) is 0.0627. The largest absolute Gasteiger partial charge is 0.465 e. The number of amides is 1. The van der Waals surface area contributed by atoms with Crippen LogP contribution < -0.4 is 0 Å². The van der Waals surface area contributed by atoms with Crippen LogP contribution in [0.5, 0.6) is 0 Å². The Morgan fingerprint density at radius 1 is 1.11 bits per heavy atom. The lowest BCUT2D eigenvalue weighted by atomic mass is 10.1. The summed E-state index contributed by atoms with van der Waals surface area (Å²) in [5.41, 5.74) is 1.71. The van der Waals surface area contributed by atoms with Crippen LogP contribution in [0.1, 0.15) is 5.56 Å². The molecular formula is C19H17ClN2O4S. The predicted molar refractivity (Wildman–Crippen MR) is 103 cm³/mol. The van der Waals surface area contributed by atoms with Gasteiger partial charge in [0.25, 0.3) is 10.0 Å². The molecule has 0 radical (unpaired) electrons. The molecule has 1 N–H and O–H groups in total. The number of hydrogen-bond acceptors (Lipinski definition) is 3. The Balaban J connectivity index is 2.15. The minimum absolute atomic E-state index is 0.0564. The SMILES string of the molecule is CN(Cc1cc(-c2ccccc2)n(S(=O)(=O)c2cccc(Cl)c2)c1)C(=O)O. The summed E-state index contributed by atoms with van der Waals surface area (Å²) in [6.07, 6.45) is 0.347. The van der Waals surface area contributed by atoms with E-state index in [9.17, 15) is 13.2 Å². The summed E-state index contributed by atoms with van der Waals surface area (Å²) < 4.78 is 27.5. The van der Waals surface area contributed by atoms with Crippen LogP contribution in [-0.4, -0.2) is 35.5 Å². The van der Waals surface area contributed by atoms with E-state index in [-0.39, 0.29) is 11.4 Å². The van der Waals surface area contributed by atoms with E-state index < -0.39 is 16.1 Å². The summed E-state index contributed by atoms with van der Waals surface area (Å²) >= 11 is 5.96. The number of benzene rings is 2. The molecule has 0 unspecified atom stereocenters. The van der Waals surface area contributed by atoms with E-state index in [1.807, 2.05) is 18.2 Å². The van der Waals surface area contributed by atoms with Crippen molar-refractivity contribution in [2.45, 2.75) is 11.4 Å². The van der Waals surface area contributed by atoms with Crippen LogP contribution in [0.25, 0.3) is 11.3 Å². The van der Waals surface area contributed by atoms with Crippen LogP contribution in [-0.2, 0) is 16.6 Å². The lowest BCUT2D eigenvalue weighted by Crippen LogP contribution is -2.23. The average molecular weight is 405 g/mol. The maximum atomic E-state index is 13.2. The molecule has 0 aliphatic rings. The number of hydrogen-bond donors (Lipinski definition) is 1. The van der Waals surface area contributed by atoms with Gasteiger partial charge in [-0.25, -0.2) is 17.2 Å². The highest BCUT2D eigenvalue weighted by Crippen LogP contribution is 2.28. The van der Waals surface area contributed by atoms with Crippen molar-refractivity contribution in [1.82, 2.24) is 8.87 Å². The molecule has 3 rings (SSSR count). The average Bonchev–Trinajstić information content (AvgIpc) is 3.07. The molecule has 8 heteroatoms. The number of halogens is 1. The van der Waals surface area contributed by atoms with Crippen molar-refractivity contribution < 1.29 is 18.3 Å². The smallest absolute Gasteiger partial charge is 0.407 e. The van der Waals surface area contributed by atoms with E-state index in [2.05, 4.69) is 0 Å². The van der Waals surface area contributed by atoms with E-state index in [0.29, 0.717) is 21.8 Å². The zero-order valence-electron chi connectivity index (χ0n) is 14.4. The first-order valence-electron chi connectivity index (χ1n) is 8.01. The zero-order valence-corrected chi connectivity index (χ0v) is 16.0. The van der Waals surface area contributed by atoms with Gasteiger partial charge in [0.15, 0.2) is 0 Å². The molecule has 1 aromatic heterocycles. The van der Waals surface area contributed by atoms with Crippen LogP contribution in [0.15, 0.2) is 71.8 Å². The third-order valence-electron chi connectivity index (χ3n) is 4.01. The molecule has 0 saturated heterocycles. The third kappa shape index (κ3) is 3.99. The second-order valence-corrected chi connectivity index (χ2v) is 8.25. The van der Waals surface area contributed by atoms with Gasteiger partial charge in [0, 0.05) is 18.3 Å². The zero-order chi connectivity index (χ0) is 19.6. The van der Waals surface area contributed by atoms with Gasteiger partial charge in [-0.2, -0.15) is 0 Å². The van der Waals surface area contributed by atoms with Crippen LogP contribution in [0.3, 0.4) is 0 Å². The first-order chi connectivity index (χ1) is 12.8. The predicted octanol–water partition coefficient (Wildman–Crippen LogP) is 4.16. The molecule has 0 saturated carbocycles. The van der Waals surface area contributed by atoms with Gasteiger partial charge < -0.3 is 10.0 Å². The molecule has 6 nitrogen and oxygen atoms in total. The molecule has 0 atom stereocenters. The van der Waals surface area contributed by atoms with Crippen molar-refractivity contribution in [2.75, 3.05) is 7.05 Å². The van der Waals surface area contributed by atoms with Crippen LogP contribution in [0.2, 0.25) is 5.02 Å². The first-order valence-corrected chi connectivity index (χ1v) is 9.83. The number of aromatic nitrogens is 1. The molecule has 0 bridgehead atoms. The van der Waals surface area contributed by atoms with Crippen LogP contribution in [0, 0.1) is 0 Å². The van der Waals surface area contributed by atoms with Crippen molar-refractivity contribution in [2.24, 2.45) is 0 Å². The van der Waals surface area contributed by atoms with Gasteiger partial charge in [-0.05, 0) is 35.4 Å². The van der Waals surface area contributed by atoms with E-state index >= 15 is 0 Å². The van der Waals surface area contributed by atoms with Gasteiger partial charge in [0.1, 0.15) is 0 Å². The molecule has 0 spiro atoms. The second-order valence-electron chi connectivity index (χ2n) is 6.00. The Hall–Kier alpha value is -2.77. The second kappa shape index (κ2) is 7.46. The van der Waals surface area contributed by atoms with E-state index in [4.69, 9.17) is 16.7 Å². The van der Waals surface area contributed by atoms with Crippen LogP contribution in [0.4, 0.5) is 4.79 Å². The fourth-order valence-corrected chi connectivity index (χ4v) is 4.38. The number of carbonyl (C=O) groups is 1. The lowest BCUT2D eigenvalue weighted by Gasteiger charge is -2.11. The molecule has 1 heterocycles. The molecule has 0 aliphatic heterocycles. The van der Waals surface area contributed by atoms with Gasteiger partial charge in [-0.1, -0.05) is 48.0 Å². The van der Waals surface area contributed by atoms with Gasteiger partial charge in [-0.3, -0.25) is 0 Å². The van der Waals surface area contributed by atoms with Crippen molar-refractivity contribution in [3.8, 4) is 11.3 Å². The van der Waals surface area contributed by atoms with E-state index in [0.717, 1.165) is 4.90 Å². The summed E-state index contributed by atoms with van der Waals surface area (Å²) in [7, 11) is -2.49. The Labute approximate surface area is 162 Å². The third-order valence-corrected chi connectivity index (χ3v) is 5.92. The highest BCUT2D eigenvalue weighted by molar-refractivity contribution is 7.90. The van der Waals surface area contributed by atoms with E-state index in [1.54, 1.807) is 30.3 Å². The minimum atomic E-state index is -3.91. The Morgan fingerprint density at radius 2 is 1.81 bits per heavy atom. The summed E-state index contributed by atoms with van der Waals surface area (Å²) in [5.74, 6) is 0. The van der Waals surface area contributed by atoms with Gasteiger partial charge in [-0.15, -0.1) is 0 Å². The molecule has 27 heavy (non-hydrogen) atoms. The summed E-state index contributed by atoms with van der Waals surface area (Å²) in [4.78, 5) is 12.2. The lowest BCUT2D eigenvalue weighted by molar-refractivity contribution is 0.154. The van der Waals surface area contributed by atoms with E-state index in [1.165, 1.54) is 29.3 Å². The standard InChI is InChI=1S/C19H17ClN2O4S/c1-21(19(23)24)12-14-10-18(15-6-3-2-4-7-15)22(13-14)27(25,26)17-9-5-8-16(20)11-17/h2-11,13H,12H2,1H3,(H,23,24). The minimum Gasteiger partial charge on any atom is -0.465 e. The first kappa shape index (κ1) is 19.0. The summed E-state index contributed by atoms with van der Waals surface area (Å²) in [6, 6.07) is 16.7. The van der Waals surface area contributed by atoms with Crippen LogP contribution >= 0.6 is 11.6 Å². The van der Waals surface area contributed by atoms with Crippen molar-refractivity contribution in [1.29, 1.82) is 0 Å². The fraction of sp³-hybridized carbons (Fsp3) is 0.105. The molecule has 140 valence electrons. The quantitative estimate of drug-likeness (QED) is 0.692. The van der Waals surface area contributed by atoms with Gasteiger partial charge in [0.05, 0.1) is 17.1 Å². The molecule has 2 aromatic carbocycles. The molecule has 0 fully saturated rings. The number of nitrogens with zero attached hydrogens (tertiary/aromatic N) is 2. The number of carboxylic acid groups (broad SMARTS) is 1. The fourth-order valence-electron chi connectivity index (χ4n) is 2.68. The Bertz CT molecular complexity index is 1080. The maximum absolute atomic E-state index is 13.2. The molecule has 1 amide bonds. The Kier molecular flexibility index (Phi) is 5.25. The molecule has 3 aromatic rings. The van der Waals surface area contributed by atoms with Crippen molar-refractivity contribution in [3.05, 3.63) is 77.4 Å². The topological polar surface area (TPSA) is 79.6 Å².